The third-order valence-corrected chi connectivity index (χ3v) is 3.69. The van der Waals surface area contributed by atoms with Crippen molar-refractivity contribution >= 4 is 17.4 Å². The van der Waals surface area contributed by atoms with Crippen molar-refractivity contribution in [1.29, 1.82) is 0 Å². The zero-order valence-corrected chi connectivity index (χ0v) is 12.1. The van der Waals surface area contributed by atoms with E-state index in [9.17, 15) is 4.79 Å². The Morgan fingerprint density at radius 2 is 2.24 bits per heavy atom. The van der Waals surface area contributed by atoms with Crippen molar-refractivity contribution in [3.63, 3.8) is 0 Å². The number of thioether (sulfide) groups is 1. The molecule has 0 saturated carbocycles. The van der Waals surface area contributed by atoms with Gasteiger partial charge in [0.2, 0.25) is 5.89 Å². The molecule has 0 aliphatic rings. The highest BCUT2D eigenvalue weighted by Crippen LogP contribution is 2.20. The van der Waals surface area contributed by atoms with E-state index in [0.29, 0.717) is 28.2 Å². The first-order valence-corrected chi connectivity index (χ1v) is 7.28. The Morgan fingerprint density at radius 1 is 1.38 bits per heavy atom. The average Bonchev–Trinajstić information content (AvgIpc) is 2.92. The number of nitrogens with zero attached hydrogens (tertiary/aromatic N) is 4. The first-order valence-electron chi connectivity index (χ1n) is 6.30. The van der Waals surface area contributed by atoms with Gasteiger partial charge in [0.05, 0.1) is 12.2 Å². The molecule has 3 aromatic heterocycles. The van der Waals surface area contributed by atoms with E-state index in [1.165, 1.54) is 22.2 Å². The molecule has 3 heterocycles. The Morgan fingerprint density at radius 3 is 3.00 bits per heavy atom. The lowest BCUT2D eigenvalue weighted by molar-refractivity contribution is 0.414. The Hall–Kier alpha value is -2.19. The highest BCUT2D eigenvalue weighted by Gasteiger charge is 2.08. The van der Waals surface area contributed by atoms with Gasteiger partial charge in [-0.3, -0.25) is 9.20 Å². The highest BCUT2D eigenvalue weighted by atomic mass is 32.2. The summed E-state index contributed by atoms with van der Waals surface area (Å²) < 4.78 is 6.81. The second-order valence-electron chi connectivity index (χ2n) is 4.47. The lowest BCUT2D eigenvalue weighted by Crippen LogP contribution is -2.15. The molecule has 0 saturated heterocycles. The van der Waals surface area contributed by atoms with Crippen molar-refractivity contribution < 1.29 is 4.42 Å². The zero-order valence-electron chi connectivity index (χ0n) is 11.3. The van der Waals surface area contributed by atoms with Crippen LogP contribution in [0.4, 0.5) is 0 Å². The molecule has 0 aliphatic heterocycles. The maximum Gasteiger partial charge on any atom is 0.277 e. The van der Waals surface area contributed by atoms with Gasteiger partial charge in [-0.25, -0.2) is 4.98 Å². The molecule has 0 aliphatic carbocycles. The molecule has 3 rings (SSSR count). The van der Waals surface area contributed by atoms with Gasteiger partial charge in [0.1, 0.15) is 5.65 Å². The van der Waals surface area contributed by atoms with Gasteiger partial charge < -0.3 is 10.2 Å². The molecule has 0 aromatic carbocycles. The predicted octanol–water partition coefficient (Wildman–Crippen LogP) is 1.14. The molecule has 0 unspecified atom stereocenters. The van der Waals surface area contributed by atoms with E-state index < -0.39 is 0 Å². The SMILES string of the molecule is Cc1ccn2c(=O)cc(CSc3nnc(CN)o3)nc2c1. The molecule has 0 atom stereocenters. The molecule has 0 fully saturated rings. The van der Waals surface area contributed by atoms with Gasteiger partial charge in [-0.05, 0) is 24.6 Å². The summed E-state index contributed by atoms with van der Waals surface area (Å²) in [4.78, 5) is 16.5. The van der Waals surface area contributed by atoms with E-state index in [4.69, 9.17) is 10.2 Å². The number of fused-ring (bicyclic) bond motifs is 1. The molecule has 0 spiro atoms. The first kappa shape index (κ1) is 13.8. The van der Waals surface area contributed by atoms with E-state index in [0.717, 1.165) is 5.56 Å². The molecule has 0 amide bonds. The van der Waals surface area contributed by atoms with Crippen LogP contribution >= 0.6 is 11.8 Å². The number of hydrogen-bond donors (Lipinski definition) is 1. The molecule has 3 aromatic rings. The van der Waals surface area contributed by atoms with Crippen molar-refractivity contribution in [2.24, 2.45) is 5.73 Å². The highest BCUT2D eigenvalue weighted by molar-refractivity contribution is 7.98. The molecule has 0 bridgehead atoms. The molecule has 21 heavy (non-hydrogen) atoms. The van der Waals surface area contributed by atoms with Crippen LogP contribution in [0.5, 0.6) is 0 Å². The number of pyridine rings is 1. The van der Waals surface area contributed by atoms with Gasteiger partial charge >= 0.3 is 0 Å². The second-order valence-corrected chi connectivity index (χ2v) is 5.40. The summed E-state index contributed by atoms with van der Waals surface area (Å²) in [5.41, 5.74) is 7.65. The number of aromatic nitrogens is 4. The second kappa shape index (κ2) is 5.66. The Balaban J connectivity index is 1.85. The number of hydrogen-bond acceptors (Lipinski definition) is 7. The van der Waals surface area contributed by atoms with Crippen LogP contribution in [0.2, 0.25) is 0 Å². The molecular formula is C13H13N5O2S. The standard InChI is InChI=1S/C13H13N5O2S/c1-8-2-3-18-10(4-8)15-9(5-12(18)19)7-21-13-17-16-11(6-14)20-13/h2-5H,6-7,14H2,1H3. The predicted molar refractivity (Wildman–Crippen MR) is 77.9 cm³/mol. The lowest BCUT2D eigenvalue weighted by Gasteiger charge is -2.03. The monoisotopic (exact) mass is 303 g/mol. The maximum absolute atomic E-state index is 12.0. The minimum atomic E-state index is -0.108. The van der Waals surface area contributed by atoms with E-state index in [1.807, 2.05) is 19.1 Å². The van der Waals surface area contributed by atoms with Crippen LogP contribution in [-0.4, -0.2) is 19.6 Å². The van der Waals surface area contributed by atoms with Crippen LogP contribution in [0.15, 0.2) is 38.8 Å². The largest absolute Gasteiger partial charge is 0.415 e. The van der Waals surface area contributed by atoms with E-state index in [-0.39, 0.29) is 12.1 Å². The third kappa shape index (κ3) is 2.96. The Bertz CT molecular complexity index is 842. The van der Waals surface area contributed by atoms with Crippen molar-refractivity contribution in [2.75, 3.05) is 0 Å². The van der Waals surface area contributed by atoms with Crippen LogP contribution in [0.3, 0.4) is 0 Å². The number of aryl methyl sites for hydroxylation is 1. The van der Waals surface area contributed by atoms with Crippen LogP contribution in [0.1, 0.15) is 17.1 Å². The summed E-state index contributed by atoms with van der Waals surface area (Å²) in [5.74, 6) is 0.867. The molecule has 2 N–H and O–H groups in total. The third-order valence-electron chi connectivity index (χ3n) is 2.84. The van der Waals surface area contributed by atoms with Gasteiger partial charge in [-0.1, -0.05) is 11.8 Å². The fourth-order valence-electron chi connectivity index (χ4n) is 1.84. The fourth-order valence-corrected chi connectivity index (χ4v) is 2.52. The van der Waals surface area contributed by atoms with Crippen LogP contribution in [0, 0.1) is 6.92 Å². The van der Waals surface area contributed by atoms with Gasteiger partial charge in [0, 0.05) is 18.0 Å². The Labute approximate surface area is 124 Å². The molecule has 108 valence electrons. The topological polar surface area (TPSA) is 99.3 Å². The maximum atomic E-state index is 12.0. The van der Waals surface area contributed by atoms with Crippen molar-refractivity contribution in [1.82, 2.24) is 19.6 Å². The van der Waals surface area contributed by atoms with Crippen molar-refractivity contribution in [3.05, 3.63) is 51.9 Å². The summed E-state index contributed by atoms with van der Waals surface area (Å²) in [6, 6.07) is 5.25. The van der Waals surface area contributed by atoms with Crippen molar-refractivity contribution in [2.45, 2.75) is 24.4 Å². The zero-order chi connectivity index (χ0) is 14.8. The smallest absolute Gasteiger partial charge is 0.277 e. The fraction of sp³-hybridized carbons (Fsp3) is 0.231. The quantitative estimate of drug-likeness (QED) is 0.721. The molecule has 8 heteroatoms. The summed E-state index contributed by atoms with van der Waals surface area (Å²) in [7, 11) is 0. The van der Waals surface area contributed by atoms with Gasteiger partial charge in [-0.15, -0.1) is 10.2 Å². The first-order chi connectivity index (χ1) is 10.2. The average molecular weight is 303 g/mol. The van der Waals surface area contributed by atoms with E-state index in [2.05, 4.69) is 15.2 Å². The summed E-state index contributed by atoms with van der Waals surface area (Å²) in [6.07, 6.45) is 1.72. The van der Waals surface area contributed by atoms with Gasteiger partial charge in [0.25, 0.3) is 10.8 Å². The van der Waals surface area contributed by atoms with Crippen LogP contribution < -0.4 is 11.3 Å². The summed E-state index contributed by atoms with van der Waals surface area (Å²) in [6.45, 7) is 2.17. The Kier molecular flexibility index (Phi) is 3.72. The number of rotatable bonds is 4. The van der Waals surface area contributed by atoms with E-state index >= 15 is 0 Å². The number of nitrogens with two attached hydrogens (primary N) is 1. The summed E-state index contributed by atoms with van der Waals surface area (Å²) in [5, 5.41) is 8.05. The lowest BCUT2D eigenvalue weighted by atomic mass is 10.3. The van der Waals surface area contributed by atoms with E-state index in [1.54, 1.807) is 6.20 Å². The molecule has 0 radical (unpaired) electrons. The summed E-state index contributed by atoms with van der Waals surface area (Å²) >= 11 is 1.32. The molecular weight excluding hydrogens is 290 g/mol. The van der Waals surface area contributed by atoms with Gasteiger partial charge in [-0.2, -0.15) is 0 Å². The van der Waals surface area contributed by atoms with Crippen LogP contribution in [0.25, 0.3) is 5.65 Å². The molecule has 7 nitrogen and oxygen atoms in total. The van der Waals surface area contributed by atoms with Crippen LogP contribution in [-0.2, 0) is 12.3 Å². The minimum Gasteiger partial charge on any atom is -0.415 e. The minimum absolute atomic E-state index is 0.108. The van der Waals surface area contributed by atoms with Gasteiger partial charge in [0.15, 0.2) is 0 Å². The normalized spacial score (nSPS) is 11.1. The van der Waals surface area contributed by atoms with Crippen molar-refractivity contribution in [3.8, 4) is 0 Å².